The van der Waals surface area contributed by atoms with Gasteiger partial charge in [-0.3, -0.25) is 9.69 Å². The summed E-state index contributed by atoms with van der Waals surface area (Å²) < 4.78 is 5.86. The molecule has 1 atom stereocenters. The van der Waals surface area contributed by atoms with Gasteiger partial charge in [-0.1, -0.05) is 30.3 Å². The first kappa shape index (κ1) is 13.1. The fraction of sp³-hybridized carbons (Fsp3) is 0.500. The molecule has 1 saturated heterocycles. The Hall–Kier alpha value is -1.39. The molecular weight excluding hydrogens is 230 g/mol. The third-order valence-corrected chi connectivity index (χ3v) is 3.38. The van der Waals surface area contributed by atoms with Crippen LogP contribution in [0.15, 0.2) is 30.3 Å². The zero-order valence-corrected chi connectivity index (χ0v) is 10.8. The van der Waals surface area contributed by atoms with Crippen molar-refractivity contribution in [2.45, 2.75) is 25.5 Å². The summed E-state index contributed by atoms with van der Waals surface area (Å²) in [5.41, 5.74) is 0.868. The van der Waals surface area contributed by atoms with Crippen LogP contribution >= 0.6 is 0 Å². The van der Waals surface area contributed by atoms with Gasteiger partial charge < -0.3 is 9.84 Å². The van der Waals surface area contributed by atoms with Gasteiger partial charge in [-0.25, -0.2) is 0 Å². The van der Waals surface area contributed by atoms with E-state index in [0.29, 0.717) is 13.2 Å². The molecule has 2 rings (SSSR count). The molecule has 4 heteroatoms. The quantitative estimate of drug-likeness (QED) is 0.889. The lowest BCUT2D eigenvalue weighted by atomic mass is 9.98. The van der Waals surface area contributed by atoms with Crippen molar-refractivity contribution in [3.05, 3.63) is 35.9 Å². The zero-order chi connectivity index (χ0) is 13.2. The van der Waals surface area contributed by atoms with E-state index in [1.807, 2.05) is 49.1 Å². The summed E-state index contributed by atoms with van der Waals surface area (Å²) in [4.78, 5) is 12.9. The number of hydrogen-bond donors (Lipinski definition) is 1. The van der Waals surface area contributed by atoms with E-state index in [0.717, 1.165) is 5.56 Å². The number of nitrogens with zero attached hydrogens (tertiary/aromatic N) is 1. The molecule has 1 aliphatic heterocycles. The van der Waals surface area contributed by atoms with Crippen molar-refractivity contribution in [3.63, 3.8) is 0 Å². The highest BCUT2D eigenvalue weighted by Gasteiger charge is 2.36. The lowest BCUT2D eigenvalue weighted by molar-refractivity contribution is -0.147. The van der Waals surface area contributed by atoms with Crippen molar-refractivity contribution < 1.29 is 14.6 Å². The minimum atomic E-state index is -0.795. The molecule has 0 amide bonds. The first-order chi connectivity index (χ1) is 8.49. The van der Waals surface area contributed by atoms with Gasteiger partial charge in [-0.15, -0.1) is 0 Å². The first-order valence-electron chi connectivity index (χ1n) is 6.12. The smallest absolute Gasteiger partial charge is 0.317 e. The highest BCUT2D eigenvalue weighted by molar-refractivity contribution is 5.69. The number of benzene rings is 1. The Morgan fingerprint density at radius 1 is 1.44 bits per heavy atom. The van der Waals surface area contributed by atoms with Crippen molar-refractivity contribution in [1.82, 2.24) is 4.90 Å². The molecule has 1 heterocycles. The largest absolute Gasteiger partial charge is 0.480 e. The van der Waals surface area contributed by atoms with Crippen LogP contribution in [-0.2, 0) is 9.53 Å². The van der Waals surface area contributed by atoms with E-state index in [-0.39, 0.29) is 18.2 Å². The van der Waals surface area contributed by atoms with E-state index in [4.69, 9.17) is 9.84 Å². The van der Waals surface area contributed by atoms with E-state index in [1.165, 1.54) is 0 Å². The van der Waals surface area contributed by atoms with Gasteiger partial charge in [0.25, 0.3) is 0 Å². The van der Waals surface area contributed by atoms with Crippen molar-refractivity contribution in [2.75, 3.05) is 19.7 Å². The average molecular weight is 249 g/mol. The van der Waals surface area contributed by atoms with Crippen LogP contribution in [0.25, 0.3) is 0 Å². The number of aliphatic carboxylic acids is 1. The molecule has 0 aliphatic carbocycles. The molecule has 0 aromatic heterocycles. The molecule has 0 bridgehead atoms. The molecule has 1 N–H and O–H groups in total. The summed E-state index contributed by atoms with van der Waals surface area (Å²) in [6.45, 7) is 5.23. The number of morpholine rings is 1. The summed E-state index contributed by atoms with van der Waals surface area (Å²) in [5.74, 6) is -0.795. The zero-order valence-electron chi connectivity index (χ0n) is 10.8. The molecular formula is C14H19NO3. The van der Waals surface area contributed by atoms with Crippen molar-refractivity contribution >= 4 is 5.97 Å². The predicted octanol–water partition coefficient (Wildman–Crippen LogP) is 1.92. The third-order valence-electron chi connectivity index (χ3n) is 3.38. The fourth-order valence-corrected chi connectivity index (χ4v) is 2.21. The van der Waals surface area contributed by atoms with Gasteiger partial charge in [-0.05, 0) is 19.4 Å². The van der Waals surface area contributed by atoms with Gasteiger partial charge in [0.2, 0.25) is 0 Å². The van der Waals surface area contributed by atoms with Crippen LogP contribution in [0.1, 0.15) is 25.5 Å². The molecule has 18 heavy (non-hydrogen) atoms. The second-order valence-corrected chi connectivity index (χ2v) is 5.30. The highest BCUT2D eigenvalue weighted by Crippen LogP contribution is 2.29. The van der Waals surface area contributed by atoms with Crippen molar-refractivity contribution in [1.29, 1.82) is 0 Å². The van der Waals surface area contributed by atoms with Crippen LogP contribution in [-0.4, -0.2) is 41.2 Å². The molecule has 0 saturated carbocycles. The van der Waals surface area contributed by atoms with E-state index >= 15 is 0 Å². The molecule has 1 aliphatic rings. The Morgan fingerprint density at radius 2 is 2.11 bits per heavy atom. The fourth-order valence-electron chi connectivity index (χ4n) is 2.21. The lowest BCUT2D eigenvalue weighted by Crippen LogP contribution is -2.55. The number of carbonyl (C=O) groups is 1. The Bertz CT molecular complexity index is 416. The maximum absolute atomic E-state index is 10.9. The van der Waals surface area contributed by atoms with Crippen LogP contribution in [0, 0.1) is 0 Å². The van der Waals surface area contributed by atoms with Crippen LogP contribution in [0.3, 0.4) is 0 Å². The lowest BCUT2D eigenvalue weighted by Gasteiger charge is -2.44. The number of hydrogen-bond acceptors (Lipinski definition) is 3. The van der Waals surface area contributed by atoms with Gasteiger partial charge in [0.05, 0.1) is 19.3 Å². The highest BCUT2D eigenvalue weighted by atomic mass is 16.5. The van der Waals surface area contributed by atoms with Crippen LogP contribution in [0.2, 0.25) is 0 Å². The van der Waals surface area contributed by atoms with Crippen LogP contribution in [0.5, 0.6) is 0 Å². The first-order valence-corrected chi connectivity index (χ1v) is 6.12. The number of carboxylic acids is 1. The SMILES string of the molecule is CC1(C)CO[C@H](c2ccccc2)CN1CC(=O)O. The molecule has 98 valence electrons. The minimum absolute atomic E-state index is 0.0430. The third kappa shape index (κ3) is 2.89. The van der Waals surface area contributed by atoms with Gasteiger partial charge in [0.15, 0.2) is 0 Å². The van der Waals surface area contributed by atoms with Crippen molar-refractivity contribution in [2.24, 2.45) is 0 Å². The molecule has 0 radical (unpaired) electrons. The normalized spacial score (nSPS) is 23.8. The van der Waals surface area contributed by atoms with E-state index in [1.54, 1.807) is 0 Å². The van der Waals surface area contributed by atoms with E-state index in [2.05, 4.69) is 0 Å². The number of rotatable bonds is 3. The maximum atomic E-state index is 10.9. The van der Waals surface area contributed by atoms with Gasteiger partial charge in [-0.2, -0.15) is 0 Å². The summed E-state index contributed by atoms with van der Waals surface area (Å²) in [6.07, 6.45) is -0.0430. The monoisotopic (exact) mass is 249 g/mol. The van der Waals surface area contributed by atoms with Gasteiger partial charge in [0, 0.05) is 12.1 Å². The summed E-state index contributed by atoms with van der Waals surface area (Å²) in [7, 11) is 0. The maximum Gasteiger partial charge on any atom is 0.317 e. The molecule has 1 aromatic rings. The standard InChI is InChI=1S/C14H19NO3/c1-14(2)10-18-12(8-15(14)9-13(16)17)11-6-4-3-5-7-11/h3-7,12H,8-10H2,1-2H3,(H,16,17)/t12-/m0/s1. The Balaban J connectivity index is 2.12. The number of ether oxygens (including phenoxy) is 1. The molecule has 4 nitrogen and oxygen atoms in total. The average Bonchev–Trinajstić information content (AvgIpc) is 2.32. The second kappa shape index (κ2) is 5.08. The van der Waals surface area contributed by atoms with E-state index in [9.17, 15) is 4.79 Å². The van der Waals surface area contributed by atoms with Crippen LogP contribution < -0.4 is 0 Å². The summed E-state index contributed by atoms with van der Waals surface area (Å²) >= 11 is 0. The predicted molar refractivity (Wildman–Crippen MR) is 68.4 cm³/mol. The Labute approximate surface area is 107 Å². The molecule has 1 aromatic carbocycles. The van der Waals surface area contributed by atoms with Gasteiger partial charge in [0.1, 0.15) is 0 Å². The number of carboxylic acid groups (broad SMARTS) is 1. The van der Waals surface area contributed by atoms with Gasteiger partial charge >= 0.3 is 5.97 Å². The molecule has 0 unspecified atom stereocenters. The Morgan fingerprint density at radius 3 is 2.72 bits per heavy atom. The second-order valence-electron chi connectivity index (χ2n) is 5.30. The summed E-state index contributed by atoms with van der Waals surface area (Å²) in [6, 6.07) is 9.94. The molecule has 1 fully saturated rings. The summed E-state index contributed by atoms with van der Waals surface area (Å²) in [5, 5.41) is 8.97. The van der Waals surface area contributed by atoms with Crippen LogP contribution in [0.4, 0.5) is 0 Å². The van der Waals surface area contributed by atoms with Crippen molar-refractivity contribution in [3.8, 4) is 0 Å². The molecule has 0 spiro atoms. The Kier molecular flexibility index (Phi) is 3.68. The minimum Gasteiger partial charge on any atom is -0.480 e. The topological polar surface area (TPSA) is 49.8 Å². The van der Waals surface area contributed by atoms with E-state index < -0.39 is 5.97 Å².